The summed E-state index contributed by atoms with van der Waals surface area (Å²) in [7, 11) is 0. The average Bonchev–Trinajstić information content (AvgIpc) is 2.40. The molecule has 0 bridgehead atoms. The molecule has 0 saturated carbocycles. The molecular weight excluding hydrogens is 152 g/mol. The van der Waals surface area contributed by atoms with Gasteiger partial charge < -0.3 is 5.73 Å². The lowest BCUT2D eigenvalue weighted by Crippen LogP contribution is -1.91. The molecular formula is C8H6N4. The van der Waals surface area contributed by atoms with Gasteiger partial charge >= 0.3 is 0 Å². The summed E-state index contributed by atoms with van der Waals surface area (Å²) in [5.41, 5.74) is 7.19. The van der Waals surface area contributed by atoms with Crippen molar-refractivity contribution in [2.24, 2.45) is 0 Å². The van der Waals surface area contributed by atoms with Crippen molar-refractivity contribution in [3.8, 4) is 6.07 Å². The zero-order valence-electron chi connectivity index (χ0n) is 6.23. The van der Waals surface area contributed by atoms with Gasteiger partial charge in [0.25, 0.3) is 0 Å². The summed E-state index contributed by atoms with van der Waals surface area (Å²) in [6.45, 7) is 0. The number of nitriles is 1. The van der Waals surface area contributed by atoms with Crippen LogP contribution in [0, 0.1) is 11.3 Å². The third-order valence-electron chi connectivity index (χ3n) is 1.68. The minimum atomic E-state index is 0.443. The molecule has 0 aliphatic rings. The van der Waals surface area contributed by atoms with Crippen LogP contribution in [0.1, 0.15) is 5.69 Å². The molecule has 4 nitrogen and oxygen atoms in total. The van der Waals surface area contributed by atoms with Crippen LogP contribution < -0.4 is 5.73 Å². The summed E-state index contributed by atoms with van der Waals surface area (Å²) < 4.78 is 1.66. The molecule has 2 N–H and O–H groups in total. The van der Waals surface area contributed by atoms with Gasteiger partial charge in [-0.2, -0.15) is 5.26 Å². The molecule has 0 aromatic carbocycles. The normalized spacial score (nSPS) is 9.92. The first-order valence-electron chi connectivity index (χ1n) is 3.44. The van der Waals surface area contributed by atoms with Crippen LogP contribution in [0.15, 0.2) is 24.5 Å². The third-order valence-corrected chi connectivity index (χ3v) is 1.68. The maximum absolute atomic E-state index is 8.73. The van der Waals surface area contributed by atoms with E-state index in [1.54, 1.807) is 28.9 Å². The highest BCUT2D eigenvalue weighted by molar-refractivity contribution is 5.62. The topological polar surface area (TPSA) is 67.1 Å². The van der Waals surface area contributed by atoms with Crippen molar-refractivity contribution in [3.05, 3.63) is 30.2 Å². The van der Waals surface area contributed by atoms with Gasteiger partial charge in [0.2, 0.25) is 0 Å². The second-order valence-electron chi connectivity index (χ2n) is 2.41. The zero-order chi connectivity index (χ0) is 8.55. The Bertz CT molecular complexity index is 463. The predicted molar refractivity (Wildman–Crippen MR) is 44.3 cm³/mol. The molecule has 0 amide bonds. The minimum absolute atomic E-state index is 0.443. The van der Waals surface area contributed by atoms with E-state index < -0.39 is 0 Å². The second kappa shape index (κ2) is 2.24. The van der Waals surface area contributed by atoms with E-state index in [1.807, 2.05) is 6.07 Å². The first kappa shape index (κ1) is 6.68. The molecule has 58 valence electrons. The van der Waals surface area contributed by atoms with Gasteiger partial charge in [0.05, 0.1) is 5.69 Å². The van der Waals surface area contributed by atoms with E-state index in [4.69, 9.17) is 11.0 Å². The summed E-state index contributed by atoms with van der Waals surface area (Å²) in [4.78, 5) is 4.04. The molecule has 0 aliphatic heterocycles. The molecule has 0 fully saturated rings. The molecule has 0 unspecified atom stereocenters. The molecule has 0 radical (unpaired) electrons. The van der Waals surface area contributed by atoms with Gasteiger partial charge in [0.1, 0.15) is 17.4 Å². The fraction of sp³-hybridized carbons (Fsp3) is 0. The average molecular weight is 158 g/mol. The molecule has 4 heteroatoms. The molecule has 0 saturated heterocycles. The number of anilines is 1. The Balaban J connectivity index is 2.93. The molecule has 2 rings (SSSR count). The lowest BCUT2D eigenvalue weighted by atomic mass is 10.4. The van der Waals surface area contributed by atoms with Gasteiger partial charge in [-0.25, -0.2) is 4.98 Å². The van der Waals surface area contributed by atoms with Crippen molar-refractivity contribution in [1.29, 1.82) is 5.26 Å². The number of aromatic nitrogens is 2. The maximum Gasteiger partial charge on any atom is 0.149 e. The van der Waals surface area contributed by atoms with Crippen LogP contribution in [-0.2, 0) is 0 Å². The zero-order valence-corrected chi connectivity index (χ0v) is 6.23. The quantitative estimate of drug-likeness (QED) is 0.616. The smallest absolute Gasteiger partial charge is 0.149 e. The molecule has 2 aromatic heterocycles. The standard InChI is InChI=1S/C8H6N4/c9-5-7-6(10)4-8-11-2-1-3-12(7)8/h1-4H,10H2. The van der Waals surface area contributed by atoms with Crippen molar-refractivity contribution in [2.75, 3.05) is 5.73 Å². The van der Waals surface area contributed by atoms with Gasteiger partial charge in [-0.15, -0.1) is 0 Å². The number of nitrogen functional groups attached to an aromatic ring is 1. The molecule has 0 aliphatic carbocycles. The lowest BCUT2D eigenvalue weighted by molar-refractivity contribution is 1.11. The van der Waals surface area contributed by atoms with Crippen LogP contribution in [0.3, 0.4) is 0 Å². The Labute approximate surface area is 68.9 Å². The molecule has 0 atom stereocenters. The van der Waals surface area contributed by atoms with Crippen molar-refractivity contribution in [2.45, 2.75) is 0 Å². The summed E-state index contributed by atoms with van der Waals surface area (Å²) in [6, 6.07) is 5.45. The van der Waals surface area contributed by atoms with Crippen molar-refractivity contribution in [1.82, 2.24) is 9.38 Å². The Morgan fingerprint density at radius 1 is 1.58 bits per heavy atom. The Hall–Kier alpha value is -2.02. The van der Waals surface area contributed by atoms with E-state index in [2.05, 4.69) is 4.98 Å². The molecule has 0 spiro atoms. The van der Waals surface area contributed by atoms with E-state index in [1.165, 1.54) is 0 Å². The van der Waals surface area contributed by atoms with Gasteiger partial charge in [0, 0.05) is 18.5 Å². The van der Waals surface area contributed by atoms with Crippen molar-refractivity contribution < 1.29 is 0 Å². The number of nitrogens with zero attached hydrogens (tertiary/aromatic N) is 3. The van der Waals surface area contributed by atoms with Crippen LogP contribution in [0.2, 0.25) is 0 Å². The van der Waals surface area contributed by atoms with Crippen LogP contribution in [-0.4, -0.2) is 9.38 Å². The van der Waals surface area contributed by atoms with Crippen LogP contribution in [0.5, 0.6) is 0 Å². The largest absolute Gasteiger partial charge is 0.396 e. The summed E-state index contributed by atoms with van der Waals surface area (Å²) in [5, 5.41) is 8.73. The number of hydrogen-bond acceptors (Lipinski definition) is 3. The number of nitrogens with two attached hydrogens (primary N) is 1. The Morgan fingerprint density at radius 2 is 2.42 bits per heavy atom. The van der Waals surface area contributed by atoms with E-state index in [-0.39, 0.29) is 0 Å². The van der Waals surface area contributed by atoms with E-state index in [0.29, 0.717) is 17.0 Å². The Kier molecular flexibility index (Phi) is 1.25. The van der Waals surface area contributed by atoms with E-state index in [0.717, 1.165) is 0 Å². The van der Waals surface area contributed by atoms with Gasteiger partial charge in [-0.05, 0) is 6.07 Å². The highest BCUT2D eigenvalue weighted by Gasteiger charge is 2.05. The van der Waals surface area contributed by atoms with Crippen molar-refractivity contribution >= 4 is 11.3 Å². The summed E-state index contributed by atoms with van der Waals surface area (Å²) in [5.74, 6) is 0. The van der Waals surface area contributed by atoms with Gasteiger partial charge in [0.15, 0.2) is 0 Å². The number of hydrogen-bond donors (Lipinski definition) is 1. The highest BCUT2D eigenvalue weighted by atomic mass is 15.0. The fourth-order valence-corrected chi connectivity index (χ4v) is 1.14. The summed E-state index contributed by atoms with van der Waals surface area (Å²) >= 11 is 0. The number of rotatable bonds is 0. The molecule has 12 heavy (non-hydrogen) atoms. The third kappa shape index (κ3) is 0.736. The SMILES string of the molecule is N#Cc1c(N)cc2ncccn12. The molecule has 2 heterocycles. The maximum atomic E-state index is 8.73. The first-order chi connectivity index (χ1) is 5.83. The highest BCUT2D eigenvalue weighted by Crippen LogP contribution is 2.15. The summed E-state index contributed by atoms with van der Waals surface area (Å²) in [6.07, 6.45) is 3.42. The second-order valence-corrected chi connectivity index (χ2v) is 2.41. The Morgan fingerprint density at radius 3 is 3.17 bits per heavy atom. The fourth-order valence-electron chi connectivity index (χ4n) is 1.14. The van der Waals surface area contributed by atoms with Crippen LogP contribution in [0.25, 0.3) is 5.65 Å². The first-order valence-corrected chi connectivity index (χ1v) is 3.44. The van der Waals surface area contributed by atoms with Gasteiger partial charge in [-0.1, -0.05) is 0 Å². The lowest BCUT2D eigenvalue weighted by Gasteiger charge is -1.91. The molecule has 2 aromatic rings. The van der Waals surface area contributed by atoms with E-state index in [9.17, 15) is 0 Å². The minimum Gasteiger partial charge on any atom is -0.396 e. The van der Waals surface area contributed by atoms with Crippen LogP contribution >= 0.6 is 0 Å². The van der Waals surface area contributed by atoms with Crippen LogP contribution in [0.4, 0.5) is 5.69 Å². The number of fused-ring (bicyclic) bond motifs is 1. The van der Waals surface area contributed by atoms with E-state index >= 15 is 0 Å². The van der Waals surface area contributed by atoms with Crippen molar-refractivity contribution in [3.63, 3.8) is 0 Å². The van der Waals surface area contributed by atoms with Gasteiger partial charge in [-0.3, -0.25) is 4.40 Å². The monoisotopic (exact) mass is 158 g/mol. The predicted octanol–water partition coefficient (Wildman–Crippen LogP) is 0.788.